The Labute approximate surface area is 93.8 Å². The summed E-state index contributed by atoms with van der Waals surface area (Å²) in [5.74, 6) is 0.843. The zero-order chi connectivity index (χ0) is 11.0. The van der Waals surface area contributed by atoms with Gasteiger partial charge >= 0.3 is 0 Å². The summed E-state index contributed by atoms with van der Waals surface area (Å²) in [7, 11) is 1.66. The molecule has 0 unspecified atom stereocenters. The van der Waals surface area contributed by atoms with Crippen molar-refractivity contribution in [3.8, 4) is 5.75 Å². The summed E-state index contributed by atoms with van der Waals surface area (Å²) in [5.41, 5.74) is 2.93. The van der Waals surface area contributed by atoms with E-state index in [0.717, 1.165) is 32.8 Å². The summed E-state index contributed by atoms with van der Waals surface area (Å²) >= 11 is 6.21. The molecule has 0 aliphatic carbocycles. The van der Waals surface area contributed by atoms with Gasteiger partial charge in [0.15, 0.2) is 0 Å². The zero-order valence-corrected chi connectivity index (χ0v) is 9.72. The maximum absolute atomic E-state index is 6.21. The van der Waals surface area contributed by atoms with Gasteiger partial charge < -0.3 is 4.74 Å². The van der Waals surface area contributed by atoms with Crippen molar-refractivity contribution < 1.29 is 4.74 Å². The number of nitrogens with zero attached hydrogens (tertiary/aromatic N) is 1. The highest BCUT2D eigenvalue weighted by atomic mass is 35.5. The van der Waals surface area contributed by atoms with Crippen LogP contribution in [0.3, 0.4) is 0 Å². The number of pyridine rings is 1. The van der Waals surface area contributed by atoms with Crippen LogP contribution in [0.1, 0.15) is 11.1 Å². The highest BCUT2D eigenvalue weighted by Gasteiger charge is 2.08. The molecule has 78 valence electrons. The van der Waals surface area contributed by atoms with Crippen molar-refractivity contribution in [3.05, 3.63) is 34.5 Å². The molecule has 0 aliphatic heterocycles. The van der Waals surface area contributed by atoms with Crippen LogP contribution in [-0.4, -0.2) is 12.1 Å². The lowest BCUT2D eigenvalue weighted by Crippen LogP contribution is -1.91. The Balaban J connectivity index is 2.85. The Hall–Kier alpha value is -1.28. The Morgan fingerprint density at radius 2 is 2.00 bits per heavy atom. The van der Waals surface area contributed by atoms with Crippen LogP contribution in [-0.2, 0) is 0 Å². The van der Waals surface area contributed by atoms with Crippen LogP contribution in [0.5, 0.6) is 5.75 Å². The number of methoxy groups -OCH3 is 1. The number of rotatable bonds is 1. The predicted octanol–water partition coefficient (Wildman–Crippen LogP) is 3.51. The van der Waals surface area contributed by atoms with Crippen LogP contribution in [0.2, 0.25) is 5.02 Å². The number of aryl methyl sites for hydroxylation is 2. The van der Waals surface area contributed by atoms with Crippen molar-refractivity contribution in [1.29, 1.82) is 0 Å². The molecular weight excluding hydrogens is 210 g/mol. The number of fused-ring (bicyclic) bond motifs is 1. The fourth-order valence-electron chi connectivity index (χ4n) is 1.68. The largest absolute Gasteiger partial charge is 0.496 e. The van der Waals surface area contributed by atoms with Gasteiger partial charge in [-0.05, 0) is 31.5 Å². The minimum atomic E-state index is 0.769. The van der Waals surface area contributed by atoms with Gasteiger partial charge in [-0.1, -0.05) is 11.6 Å². The molecule has 0 radical (unpaired) electrons. The molecule has 0 saturated heterocycles. The third-order valence-corrected chi connectivity index (χ3v) is 3.07. The summed E-state index contributed by atoms with van der Waals surface area (Å²) in [4.78, 5) is 4.39. The van der Waals surface area contributed by atoms with Crippen LogP contribution >= 0.6 is 11.6 Å². The van der Waals surface area contributed by atoms with Crippen molar-refractivity contribution >= 4 is 22.5 Å². The second kappa shape index (κ2) is 3.70. The van der Waals surface area contributed by atoms with E-state index in [1.807, 2.05) is 26.0 Å². The summed E-state index contributed by atoms with van der Waals surface area (Å²) in [6.07, 6.45) is 1.79. The van der Waals surface area contributed by atoms with Gasteiger partial charge in [0.25, 0.3) is 0 Å². The Bertz CT molecular complexity index is 523. The molecule has 0 amide bonds. The van der Waals surface area contributed by atoms with E-state index in [4.69, 9.17) is 16.3 Å². The van der Waals surface area contributed by atoms with E-state index in [9.17, 15) is 0 Å². The summed E-state index contributed by atoms with van der Waals surface area (Å²) < 4.78 is 5.24. The average molecular weight is 222 g/mol. The standard InChI is InChI=1S/C12H12ClNO/c1-7-6-14-12-8(2)10(15-3)5-4-9(12)11(7)13/h4-6H,1-3H3. The maximum Gasteiger partial charge on any atom is 0.123 e. The lowest BCUT2D eigenvalue weighted by molar-refractivity contribution is 0.412. The molecule has 0 N–H and O–H groups in total. The van der Waals surface area contributed by atoms with E-state index >= 15 is 0 Å². The Morgan fingerprint density at radius 1 is 1.27 bits per heavy atom. The molecule has 0 atom stereocenters. The van der Waals surface area contributed by atoms with Crippen LogP contribution < -0.4 is 4.74 Å². The van der Waals surface area contributed by atoms with Crippen LogP contribution in [0, 0.1) is 13.8 Å². The first kappa shape index (κ1) is 10.2. The van der Waals surface area contributed by atoms with E-state index in [-0.39, 0.29) is 0 Å². The number of hydrogen-bond acceptors (Lipinski definition) is 2. The van der Waals surface area contributed by atoms with Gasteiger partial charge in [0.05, 0.1) is 17.6 Å². The van der Waals surface area contributed by atoms with E-state index in [1.54, 1.807) is 13.3 Å². The fourth-order valence-corrected chi connectivity index (χ4v) is 1.88. The Morgan fingerprint density at radius 3 is 2.67 bits per heavy atom. The first-order valence-electron chi connectivity index (χ1n) is 4.73. The third kappa shape index (κ3) is 1.55. The van der Waals surface area contributed by atoms with Crippen molar-refractivity contribution in [2.24, 2.45) is 0 Å². The molecule has 2 aromatic rings. The van der Waals surface area contributed by atoms with Gasteiger partial charge in [-0.25, -0.2) is 0 Å². The molecule has 0 saturated carbocycles. The predicted molar refractivity (Wildman–Crippen MR) is 62.8 cm³/mol. The highest BCUT2D eigenvalue weighted by Crippen LogP contribution is 2.31. The first-order chi connectivity index (χ1) is 7.15. The molecule has 1 aromatic carbocycles. The highest BCUT2D eigenvalue weighted by molar-refractivity contribution is 6.36. The number of benzene rings is 1. The Kier molecular flexibility index (Phi) is 2.53. The lowest BCUT2D eigenvalue weighted by Gasteiger charge is -2.09. The van der Waals surface area contributed by atoms with Crippen molar-refractivity contribution in [3.63, 3.8) is 0 Å². The van der Waals surface area contributed by atoms with Gasteiger partial charge in [0.2, 0.25) is 0 Å². The van der Waals surface area contributed by atoms with Gasteiger partial charge in [-0.3, -0.25) is 4.98 Å². The molecule has 1 heterocycles. The maximum atomic E-state index is 6.21. The molecule has 3 heteroatoms. The van der Waals surface area contributed by atoms with Gasteiger partial charge in [0.1, 0.15) is 5.75 Å². The molecule has 0 fully saturated rings. The number of ether oxygens (including phenoxy) is 1. The summed E-state index contributed by atoms with van der Waals surface area (Å²) in [6, 6.07) is 3.87. The van der Waals surface area contributed by atoms with Crippen LogP contribution in [0.25, 0.3) is 10.9 Å². The van der Waals surface area contributed by atoms with Gasteiger partial charge in [0, 0.05) is 17.1 Å². The molecule has 0 bridgehead atoms. The fraction of sp³-hybridized carbons (Fsp3) is 0.250. The average Bonchev–Trinajstić information content (AvgIpc) is 2.24. The normalized spacial score (nSPS) is 10.7. The third-order valence-electron chi connectivity index (χ3n) is 2.57. The molecular formula is C12H12ClNO. The SMILES string of the molecule is COc1ccc2c(Cl)c(C)cnc2c1C. The molecule has 0 aliphatic rings. The molecule has 2 nitrogen and oxygen atoms in total. The summed E-state index contributed by atoms with van der Waals surface area (Å²) in [6.45, 7) is 3.94. The monoisotopic (exact) mass is 221 g/mol. The van der Waals surface area contributed by atoms with Crippen LogP contribution in [0.4, 0.5) is 0 Å². The number of hydrogen-bond donors (Lipinski definition) is 0. The second-order valence-electron chi connectivity index (χ2n) is 3.54. The first-order valence-corrected chi connectivity index (χ1v) is 5.11. The molecule has 2 rings (SSSR count). The number of aromatic nitrogens is 1. The van der Waals surface area contributed by atoms with E-state index < -0.39 is 0 Å². The molecule has 15 heavy (non-hydrogen) atoms. The molecule has 0 spiro atoms. The second-order valence-corrected chi connectivity index (χ2v) is 3.92. The van der Waals surface area contributed by atoms with Gasteiger partial charge in [-0.15, -0.1) is 0 Å². The van der Waals surface area contributed by atoms with Gasteiger partial charge in [-0.2, -0.15) is 0 Å². The molecule has 1 aromatic heterocycles. The van der Waals surface area contributed by atoms with E-state index in [0.29, 0.717) is 0 Å². The smallest absolute Gasteiger partial charge is 0.123 e. The van der Waals surface area contributed by atoms with E-state index in [1.165, 1.54) is 0 Å². The number of halogens is 1. The van der Waals surface area contributed by atoms with E-state index in [2.05, 4.69) is 4.98 Å². The minimum Gasteiger partial charge on any atom is -0.496 e. The van der Waals surface area contributed by atoms with Crippen molar-refractivity contribution in [2.75, 3.05) is 7.11 Å². The quantitative estimate of drug-likeness (QED) is 0.735. The minimum absolute atomic E-state index is 0.769. The topological polar surface area (TPSA) is 22.1 Å². The zero-order valence-electron chi connectivity index (χ0n) is 8.97. The van der Waals surface area contributed by atoms with Crippen LogP contribution in [0.15, 0.2) is 18.3 Å². The summed E-state index contributed by atoms with van der Waals surface area (Å²) in [5, 5.41) is 1.75. The van der Waals surface area contributed by atoms with Crippen molar-refractivity contribution in [1.82, 2.24) is 4.98 Å². The van der Waals surface area contributed by atoms with Crippen molar-refractivity contribution in [2.45, 2.75) is 13.8 Å². The lowest BCUT2D eigenvalue weighted by atomic mass is 10.1.